The van der Waals surface area contributed by atoms with Crippen LogP contribution in [0.15, 0.2) is 36.7 Å². The molecule has 0 N–H and O–H groups in total. The zero-order chi connectivity index (χ0) is 23.2. The number of aromatic nitrogens is 2. The predicted molar refractivity (Wildman–Crippen MR) is 127 cm³/mol. The summed E-state index contributed by atoms with van der Waals surface area (Å²) in [5.74, 6) is 1.45. The molecule has 1 heterocycles. The van der Waals surface area contributed by atoms with Crippen LogP contribution in [0.5, 0.6) is 5.75 Å². The van der Waals surface area contributed by atoms with E-state index in [0.717, 1.165) is 62.3 Å². The van der Waals surface area contributed by atoms with E-state index in [-0.39, 0.29) is 11.7 Å². The lowest BCUT2D eigenvalue weighted by atomic mass is 9.68. The van der Waals surface area contributed by atoms with Crippen molar-refractivity contribution in [1.29, 1.82) is 0 Å². The van der Waals surface area contributed by atoms with E-state index in [1.807, 2.05) is 19.3 Å². The summed E-state index contributed by atoms with van der Waals surface area (Å²) in [5, 5.41) is 0. The van der Waals surface area contributed by atoms with Crippen molar-refractivity contribution in [3.63, 3.8) is 0 Å². The maximum absolute atomic E-state index is 14.6. The van der Waals surface area contributed by atoms with Gasteiger partial charge in [0, 0.05) is 18.3 Å². The molecule has 0 saturated heterocycles. The lowest BCUT2D eigenvalue weighted by Crippen LogP contribution is -2.25. The molecule has 33 heavy (non-hydrogen) atoms. The molecule has 0 spiro atoms. The van der Waals surface area contributed by atoms with Gasteiger partial charge in [0.25, 0.3) is 0 Å². The van der Waals surface area contributed by atoms with Crippen molar-refractivity contribution in [3.05, 3.63) is 65.3 Å². The minimum atomic E-state index is -0.841. The molecule has 1 aromatic carbocycles. The van der Waals surface area contributed by atoms with Crippen LogP contribution >= 0.6 is 0 Å². The van der Waals surface area contributed by atoms with Crippen LogP contribution in [0.2, 0.25) is 0 Å². The Bertz CT molecular complexity index is 928. The van der Waals surface area contributed by atoms with Crippen molar-refractivity contribution in [2.75, 3.05) is 6.61 Å². The maximum atomic E-state index is 14.6. The Kier molecular flexibility index (Phi) is 8.11. The fourth-order valence-corrected chi connectivity index (χ4v) is 5.81. The first-order valence-corrected chi connectivity index (χ1v) is 12.6. The minimum absolute atomic E-state index is 0.0145. The molecule has 2 aliphatic carbocycles. The number of rotatable bonds is 7. The van der Waals surface area contributed by atoms with Crippen molar-refractivity contribution in [3.8, 4) is 5.75 Å². The SMILES string of the molecule is C/C=C/Cc1cnc(C2CCC(C3CCC(c4ccc(OCC)c(F)c4F)CC3)CC2)nc1. The fourth-order valence-electron chi connectivity index (χ4n) is 5.81. The van der Waals surface area contributed by atoms with Crippen LogP contribution in [-0.2, 0) is 6.42 Å². The molecule has 2 fully saturated rings. The van der Waals surface area contributed by atoms with Crippen LogP contribution in [0.1, 0.15) is 94.0 Å². The fraction of sp³-hybridized carbons (Fsp3) is 0.571. The first-order chi connectivity index (χ1) is 16.1. The molecule has 2 saturated carbocycles. The van der Waals surface area contributed by atoms with Crippen LogP contribution < -0.4 is 4.74 Å². The van der Waals surface area contributed by atoms with Gasteiger partial charge in [0.15, 0.2) is 11.6 Å². The van der Waals surface area contributed by atoms with Gasteiger partial charge in [-0.15, -0.1) is 0 Å². The molecule has 0 radical (unpaired) electrons. The van der Waals surface area contributed by atoms with E-state index in [4.69, 9.17) is 4.74 Å². The molecule has 2 aliphatic rings. The third-order valence-electron chi connectivity index (χ3n) is 7.71. The van der Waals surface area contributed by atoms with Crippen LogP contribution in [0.4, 0.5) is 8.78 Å². The van der Waals surface area contributed by atoms with E-state index in [1.165, 1.54) is 12.8 Å². The molecule has 2 aromatic rings. The molecule has 4 rings (SSSR count). The van der Waals surface area contributed by atoms with E-state index in [9.17, 15) is 8.78 Å². The monoisotopic (exact) mass is 454 g/mol. The van der Waals surface area contributed by atoms with Crippen LogP contribution in [0, 0.1) is 23.5 Å². The highest BCUT2D eigenvalue weighted by Gasteiger charge is 2.33. The van der Waals surface area contributed by atoms with Crippen molar-refractivity contribution in [1.82, 2.24) is 9.97 Å². The van der Waals surface area contributed by atoms with Gasteiger partial charge in [-0.25, -0.2) is 14.4 Å². The van der Waals surface area contributed by atoms with Gasteiger partial charge in [-0.2, -0.15) is 4.39 Å². The average molecular weight is 455 g/mol. The third kappa shape index (κ3) is 5.62. The second-order valence-corrected chi connectivity index (χ2v) is 9.66. The Morgan fingerprint density at radius 2 is 1.48 bits per heavy atom. The zero-order valence-corrected chi connectivity index (χ0v) is 19.9. The zero-order valence-electron chi connectivity index (χ0n) is 19.9. The van der Waals surface area contributed by atoms with Gasteiger partial charge in [0.2, 0.25) is 5.82 Å². The summed E-state index contributed by atoms with van der Waals surface area (Å²) in [6, 6.07) is 3.31. The molecule has 0 unspecified atom stereocenters. The van der Waals surface area contributed by atoms with Crippen molar-refractivity contribution >= 4 is 0 Å². The maximum Gasteiger partial charge on any atom is 0.200 e. The van der Waals surface area contributed by atoms with Crippen molar-refractivity contribution in [2.24, 2.45) is 11.8 Å². The van der Waals surface area contributed by atoms with Gasteiger partial charge in [-0.05, 0) is 107 Å². The second-order valence-electron chi connectivity index (χ2n) is 9.66. The Morgan fingerprint density at radius 1 is 0.879 bits per heavy atom. The topological polar surface area (TPSA) is 35.0 Å². The summed E-state index contributed by atoms with van der Waals surface area (Å²) in [6.45, 7) is 4.13. The highest BCUT2D eigenvalue weighted by molar-refractivity contribution is 5.33. The quantitative estimate of drug-likeness (QED) is 0.406. The summed E-state index contributed by atoms with van der Waals surface area (Å²) in [5.41, 5.74) is 1.68. The molecular formula is C28H36F2N2O. The Labute approximate surface area is 196 Å². The lowest BCUT2D eigenvalue weighted by Gasteiger charge is -2.37. The van der Waals surface area contributed by atoms with Crippen molar-refractivity contribution < 1.29 is 13.5 Å². The molecule has 178 valence electrons. The lowest BCUT2D eigenvalue weighted by molar-refractivity contribution is 0.174. The van der Waals surface area contributed by atoms with E-state index in [1.54, 1.807) is 19.1 Å². The number of hydrogen-bond donors (Lipinski definition) is 0. The van der Waals surface area contributed by atoms with E-state index < -0.39 is 11.6 Å². The first-order valence-electron chi connectivity index (χ1n) is 12.6. The number of allylic oxidation sites excluding steroid dienone is 2. The average Bonchev–Trinajstić information content (AvgIpc) is 2.86. The molecule has 1 aromatic heterocycles. The molecule has 5 heteroatoms. The predicted octanol–water partition coefficient (Wildman–Crippen LogP) is 7.52. The number of halogens is 2. The summed E-state index contributed by atoms with van der Waals surface area (Å²) in [7, 11) is 0. The molecule has 3 nitrogen and oxygen atoms in total. The van der Waals surface area contributed by atoms with Gasteiger partial charge in [-0.1, -0.05) is 18.2 Å². The highest BCUT2D eigenvalue weighted by Crippen LogP contribution is 2.46. The van der Waals surface area contributed by atoms with E-state index in [2.05, 4.69) is 22.1 Å². The standard InChI is InChI=1S/C28H36F2N2O/c1-3-5-6-19-17-31-28(32-18-19)23-13-9-21(10-14-23)20-7-11-22(12-8-20)24-15-16-25(33-4-2)27(30)26(24)29/h3,5,15-18,20-23H,4,6-14H2,1-2H3/b5-3+. The molecule has 0 atom stereocenters. The normalized spacial score (nSPS) is 25.9. The van der Waals surface area contributed by atoms with Crippen LogP contribution in [0.3, 0.4) is 0 Å². The van der Waals surface area contributed by atoms with Gasteiger partial charge in [0.05, 0.1) is 6.61 Å². The van der Waals surface area contributed by atoms with Gasteiger partial charge >= 0.3 is 0 Å². The Morgan fingerprint density at radius 3 is 2.06 bits per heavy atom. The minimum Gasteiger partial charge on any atom is -0.491 e. The Balaban J connectivity index is 1.28. The van der Waals surface area contributed by atoms with Gasteiger partial charge in [-0.3, -0.25) is 0 Å². The van der Waals surface area contributed by atoms with Gasteiger partial charge in [0.1, 0.15) is 5.82 Å². The summed E-state index contributed by atoms with van der Waals surface area (Å²) >= 11 is 0. The second kappa shape index (κ2) is 11.2. The number of ether oxygens (including phenoxy) is 1. The largest absolute Gasteiger partial charge is 0.491 e. The van der Waals surface area contributed by atoms with Gasteiger partial charge < -0.3 is 4.74 Å². The number of hydrogen-bond acceptors (Lipinski definition) is 3. The number of nitrogens with zero attached hydrogens (tertiary/aromatic N) is 2. The van der Waals surface area contributed by atoms with Crippen molar-refractivity contribution in [2.45, 2.75) is 83.5 Å². The highest BCUT2D eigenvalue weighted by atomic mass is 19.2. The molecule has 0 aliphatic heterocycles. The molecular weight excluding hydrogens is 418 g/mol. The smallest absolute Gasteiger partial charge is 0.200 e. The Hall–Kier alpha value is -2.30. The van der Waals surface area contributed by atoms with E-state index >= 15 is 0 Å². The molecule has 0 bridgehead atoms. The van der Waals surface area contributed by atoms with E-state index in [0.29, 0.717) is 24.0 Å². The first kappa shape index (κ1) is 23.8. The molecule has 0 amide bonds. The summed E-state index contributed by atoms with van der Waals surface area (Å²) < 4.78 is 34.1. The summed E-state index contributed by atoms with van der Waals surface area (Å²) in [6.07, 6.45) is 17.8. The summed E-state index contributed by atoms with van der Waals surface area (Å²) in [4.78, 5) is 9.30. The third-order valence-corrected chi connectivity index (χ3v) is 7.71. The van der Waals surface area contributed by atoms with Crippen LogP contribution in [0.25, 0.3) is 0 Å². The number of benzene rings is 1. The van der Waals surface area contributed by atoms with Crippen LogP contribution in [-0.4, -0.2) is 16.6 Å².